The van der Waals surface area contributed by atoms with E-state index in [1.807, 2.05) is 54.6 Å². The molecule has 0 bridgehead atoms. The molecule has 1 aromatic heterocycles. The smallest absolute Gasteiger partial charge is 0.298 e. The van der Waals surface area contributed by atoms with E-state index in [4.69, 9.17) is 4.42 Å². The van der Waals surface area contributed by atoms with Gasteiger partial charge in [-0.2, -0.15) is 4.98 Å². The predicted molar refractivity (Wildman–Crippen MR) is 90.3 cm³/mol. The molecular weight excluding hydrogens is 288 g/mol. The molecule has 3 aromatic rings. The maximum absolute atomic E-state index is 10.6. The maximum Gasteiger partial charge on any atom is 0.298 e. The Morgan fingerprint density at radius 2 is 1.70 bits per heavy atom. The number of anilines is 1. The lowest BCUT2D eigenvalue weighted by atomic mass is 9.87. The van der Waals surface area contributed by atoms with Crippen molar-refractivity contribution in [1.29, 1.82) is 0 Å². The van der Waals surface area contributed by atoms with E-state index in [0.717, 1.165) is 42.6 Å². The van der Waals surface area contributed by atoms with Crippen molar-refractivity contribution >= 4 is 17.1 Å². The van der Waals surface area contributed by atoms with E-state index in [1.165, 1.54) is 0 Å². The molecule has 1 aliphatic rings. The van der Waals surface area contributed by atoms with Gasteiger partial charge in [-0.05, 0) is 36.5 Å². The van der Waals surface area contributed by atoms with Crippen molar-refractivity contribution in [3.63, 3.8) is 0 Å². The largest absolute Gasteiger partial charge is 0.423 e. The third-order valence-corrected chi connectivity index (χ3v) is 4.68. The SMILES string of the molecule is O[C@H](c1ccccc1)C1CCN(c2nc3ccccc3o2)CC1. The molecule has 0 spiro atoms. The normalized spacial score (nSPS) is 17.5. The maximum atomic E-state index is 10.6. The third-order valence-electron chi connectivity index (χ3n) is 4.68. The van der Waals surface area contributed by atoms with Crippen LogP contribution in [0, 0.1) is 5.92 Å². The zero-order chi connectivity index (χ0) is 15.6. The molecule has 1 saturated heterocycles. The lowest BCUT2D eigenvalue weighted by molar-refractivity contribution is 0.0923. The number of nitrogens with zero attached hydrogens (tertiary/aromatic N) is 2. The van der Waals surface area contributed by atoms with Crippen LogP contribution in [0.4, 0.5) is 6.01 Å². The second kappa shape index (κ2) is 6.05. The molecule has 0 aliphatic carbocycles. The fourth-order valence-electron chi connectivity index (χ4n) is 3.32. The Balaban J connectivity index is 1.44. The number of fused-ring (bicyclic) bond motifs is 1. The monoisotopic (exact) mass is 308 g/mol. The summed E-state index contributed by atoms with van der Waals surface area (Å²) in [5.74, 6) is 0.290. The van der Waals surface area contributed by atoms with E-state index < -0.39 is 0 Å². The molecule has 1 atom stereocenters. The Morgan fingerprint density at radius 3 is 2.43 bits per heavy atom. The Bertz CT molecular complexity index is 743. The molecule has 0 saturated carbocycles. The number of aliphatic hydroxyl groups excluding tert-OH is 1. The minimum atomic E-state index is -0.387. The minimum Gasteiger partial charge on any atom is -0.423 e. The second-order valence-corrected chi connectivity index (χ2v) is 6.14. The molecule has 0 radical (unpaired) electrons. The average molecular weight is 308 g/mol. The van der Waals surface area contributed by atoms with E-state index in [2.05, 4.69) is 9.88 Å². The van der Waals surface area contributed by atoms with Crippen molar-refractivity contribution in [2.75, 3.05) is 18.0 Å². The Labute approximate surface area is 135 Å². The van der Waals surface area contributed by atoms with Gasteiger partial charge in [0.1, 0.15) is 5.52 Å². The van der Waals surface area contributed by atoms with Gasteiger partial charge in [-0.15, -0.1) is 0 Å². The van der Waals surface area contributed by atoms with Gasteiger partial charge >= 0.3 is 0 Å². The van der Waals surface area contributed by atoms with Crippen LogP contribution in [0.3, 0.4) is 0 Å². The molecule has 2 heterocycles. The Morgan fingerprint density at radius 1 is 1.00 bits per heavy atom. The molecule has 1 aliphatic heterocycles. The lowest BCUT2D eigenvalue weighted by Crippen LogP contribution is -2.35. The highest BCUT2D eigenvalue weighted by Crippen LogP contribution is 2.32. The molecule has 1 N–H and O–H groups in total. The van der Waals surface area contributed by atoms with Gasteiger partial charge in [0.25, 0.3) is 6.01 Å². The van der Waals surface area contributed by atoms with Crippen LogP contribution in [-0.2, 0) is 0 Å². The number of benzene rings is 2. The fraction of sp³-hybridized carbons (Fsp3) is 0.316. The second-order valence-electron chi connectivity index (χ2n) is 6.14. The number of aliphatic hydroxyl groups is 1. The summed E-state index contributed by atoms with van der Waals surface area (Å²) in [4.78, 5) is 6.74. The first-order valence-corrected chi connectivity index (χ1v) is 8.15. The fourth-order valence-corrected chi connectivity index (χ4v) is 3.32. The molecule has 118 valence electrons. The average Bonchev–Trinajstić information content (AvgIpc) is 3.06. The quantitative estimate of drug-likeness (QED) is 0.800. The zero-order valence-corrected chi connectivity index (χ0v) is 12.9. The molecule has 23 heavy (non-hydrogen) atoms. The molecule has 4 heteroatoms. The number of hydrogen-bond donors (Lipinski definition) is 1. The topological polar surface area (TPSA) is 49.5 Å². The Kier molecular flexibility index (Phi) is 3.75. The standard InChI is InChI=1S/C19H20N2O2/c22-18(14-6-2-1-3-7-14)15-10-12-21(13-11-15)19-20-16-8-4-5-9-17(16)23-19/h1-9,15,18,22H,10-13H2/t18-/m1/s1. The van der Waals surface area contributed by atoms with Gasteiger partial charge in [-0.1, -0.05) is 42.5 Å². The van der Waals surface area contributed by atoms with Crippen LogP contribution < -0.4 is 4.90 Å². The van der Waals surface area contributed by atoms with Crippen LogP contribution in [-0.4, -0.2) is 23.2 Å². The van der Waals surface area contributed by atoms with Gasteiger partial charge in [0.2, 0.25) is 0 Å². The van der Waals surface area contributed by atoms with E-state index >= 15 is 0 Å². The van der Waals surface area contributed by atoms with E-state index in [-0.39, 0.29) is 12.0 Å². The first-order chi connectivity index (χ1) is 11.3. The summed E-state index contributed by atoms with van der Waals surface area (Å²) >= 11 is 0. The van der Waals surface area contributed by atoms with Crippen molar-refractivity contribution in [1.82, 2.24) is 4.98 Å². The summed E-state index contributed by atoms with van der Waals surface area (Å²) < 4.78 is 5.84. The van der Waals surface area contributed by atoms with Gasteiger partial charge in [-0.3, -0.25) is 0 Å². The number of rotatable bonds is 3. The predicted octanol–water partition coefficient (Wildman–Crippen LogP) is 3.78. The summed E-state index contributed by atoms with van der Waals surface area (Å²) in [6.45, 7) is 1.72. The summed E-state index contributed by atoms with van der Waals surface area (Å²) in [6.07, 6.45) is 1.49. The first-order valence-electron chi connectivity index (χ1n) is 8.15. The summed E-state index contributed by atoms with van der Waals surface area (Å²) in [5, 5.41) is 10.6. The van der Waals surface area contributed by atoms with Gasteiger partial charge < -0.3 is 14.4 Å². The van der Waals surface area contributed by atoms with Crippen molar-refractivity contribution in [2.24, 2.45) is 5.92 Å². The van der Waals surface area contributed by atoms with Crippen LogP contribution in [0.15, 0.2) is 59.0 Å². The molecule has 1 fully saturated rings. The first kappa shape index (κ1) is 14.3. The lowest BCUT2D eigenvalue weighted by Gasteiger charge is -2.33. The van der Waals surface area contributed by atoms with Gasteiger partial charge in [0, 0.05) is 13.1 Å². The number of piperidine rings is 1. The van der Waals surface area contributed by atoms with E-state index in [0.29, 0.717) is 6.01 Å². The van der Waals surface area contributed by atoms with Crippen LogP contribution in [0.2, 0.25) is 0 Å². The van der Waals surface area contributed by atoms with Crippen LogP contribution >= 0.6 is 0 Å². The third kappa shape index (κ3) is 2.82. The van der Waals surface area contributed by atoms with Crippen LogP contribution in [0.1, 0.15) is 24.5 Å². The summed E-state index contributed by atoms with van der Waals surface area (Å²) in [5.41, 5.74) is 2.73. The van der Waals surface area contributed by atoms with Crippen LogP contribution in [0.5, 0.6) is 0 Å². The number of hydrogen-bond acceptors (Lipinski definition) is 4. The van der Waals surface area contributed by atoms with Gasteiger partial charge in [-0.25, -0.2) is 0 Å². The summed E-state index contributed by atoms with van der Waals surface area (Å²) in [7, 11) is 0. The molecule has 2 aromatic carbocycles. The van der Waals surface area contributed by atoms with E-state index in [1.54, 1.807) is 0 Å². The number of para-hydroxylation sites is 2. The van der Waals surface area contributed by atoms with Crippen molar-refractivity contribution < 1.29 is 9.52 Å². The molecule has 4 rings (SSSR count). The molecule has 4 nitrogen and oxygen atoms in total. The number of aromatic nitrogens is 1. The van der Waals surface area contributed by atoms with Crippen LogP contribution in [0.25, 0.3) is 11.1 Å². The van der Waals surface area contributed by atoms with Crippen molar-refractivity contribution in [3.8, 4) is 0 Å². The number of oxazole rings is 1. The van der Waals surface area contributed by atoms with E-state index in [9.17, 15) is 5.11 Å². The zero-order valence-electron chi connectivity index (χ0n) is 12.9. The summed E-state index contributed by atoms with van der Waals surface area (Å²) in [6, 6.07) is 18.5. The van der Waals surface area contributed by atoms with Crippen molar-refractivity contribution in [3.05, 3.63) is 60.2 Å². The highest BCUT2D eigenvalue weighted by Gasteiger charge is 2.28. The Hall–Kier alpha value is -2.33. The molecule has 0 amide bonds. The highest BCUT2D eigenvalue weighted by molar-refractivity contribution is 5.74. The van der Waals surface area contributed by atoms with Gasteiger partial charge in [0.05, 0.1) is 6.10 Å². The molecule has 0 unspecified atom stereocenters. The minimum absolute atomic E-state index is 0.290. The highest BCUT2D eigenvalue weighted by atomic mass is 16.4. The van der Waals surface area contributed by atoms with Gasteiger partial charge in [0.15, 0.2) is 5.58 Å². The van der Waals surface area contributed by atoms with Crippen molar-refractivity contribution in [2.45, 2.75) is 18.9 Å². The molecular formula is C19H20N2O2.